The van der Waals surface area contributed by atoms with E-state index in [-0.39, 0.29) is 5.91 Å². The summed E-state index contributed by atoms with van der Waals surface area (Å²) in [6.07, 6.45) is 0. The zero-order valence-electron chi connectivity index (χ0n) is 14.8. The zero-order valence-corrected chi connectivity index (χ0v) is 15.6. The van der Waals surface area contributed by atoms with Gasteiger partial charge in [-0.25, -0.2) is 4.98 Å². The summed E-state index contributed by atoms with van der Waals surface area (Å²) < 4.78 is 5.84. The Balaban J connectivity index is 1.41. The molecule has 0 atom stereocenters. The molecule has 1 N–H and O–H groups in total. The highest BCUT2D eigenvalue weighted by Crippen LogP contribution is 2.26. The fourth-order valence-electron chi connectivity index (χ4n) is 2.71. The lowest BCUT2D eigenvalue weighted by Crippen LogP contribution is -2.13. The van der Waals surface area contributed by atoms with Crippen molar-refractivity contribution >= 4 is 34.5 Å². The van der Waals surface area contributed by atoms with Gasteiger partial charge in [-0.05, 0) is 61.0 Å². The molecule has 0 unspecified atom stereocenters. The Hall–Kier alpha value is -3.05. The Morgan fingerprint density at radius 2 is 1.81 bits per heavy atom. The highest BCUT2D eigenvalue weighted by molar-refractivity contribution is 8.00. The van der Waals surface area contributed by atoms with Crippen molar-refractivity contribution in [1.29, 1.82) is 0 Å². The minimum Gasteiger partial charge on any atom is -0.436 e. The van der Waals surface area contributed by atoms with E-state index in [1.807, 2.05) is 79.7 Å². The lowest BCUT2D eigenvalue weighted by molar-refractivity contribution is -0.113. The van der Waals surface area contributed by atoms with E-state index < -0.39 is 0 Å². The van der Waals surface area contributed by atoms with Crippen molar-refractivity contribution in [1.82, 2.24) is 4.98 Å². The summed E-state index contributed by atoms with van der Waals surface area (Å²) in [7, 11) is 0. The lowest BCUT2D eigenvalue weighted by atomic mass is 10.2. The van der Waals surface area contributed by atoms with Crippen LogP contribution in [0.2, 0.25) is 0 Å². The second kappa shape index (κ2) is 7.68. The van der Waals surface area contributed by atoms with Crippen LogP contribution in [0.4, 0.5) is 5.69 Å². The number of benzene rings is 3. The van der Waals surface area contributed by atoms with Gasteiger partial charge in [0, 0.05) is 16.1 Å². The molecule has 0 aliphatic rings. The molecule has 0 aliphatic heterocycles. The SMILES string of the molecule is Cc1ccc2nc(-c3ccc(NC(=O)CSc4ccccc4)cc3)oc2c1. The molecule has 0 saturated carbocycles. The predicted molar refractivity (Wildman–Crippen MR) is 110 cm³/mol. The Morgan fingerprint density at radius 1 is 1.04 bits per heavy atom. The summed E-state index contributed by atoms with van der Waals surface area (Å²) in [5.74, 6) is 0.915. The number of carbonyl (C=O) groups is 1. The maximum atomic E-state index is 12.1. The third-order valence-corrected chi connectivity index (χ3v) is 5.08. The van der Waals surface area contributed by atoms with Gasteiger partial charge in [-0.3, -0.25) is 4.79 Å². The number of thioether (sulfide) groups is 1. The first-order valence-corrected chi connectivity index (χ1v) is 9.61. The fourth-order valence-corrected chi connectivity index (χ4v) is 3.43. The Morgan fingerprint density at radius 3 is 2.59 bits per heavy atom. The van der Waals surface area contributed by atoms with Gasteiger partial charge in [-0.2, -0.15) is 0 Å². The van der Waals surface area contributed by atoms with Gasteiger partial charge < -0.3 is 9.73 Å². The lowest BCUT2D eigenvalue weighted by Gasteiger charge is -2.05. The molecule has 5 heteroatoms. The van der Waals surface area contributed by atoms with Gasteiger partial charge >= 0.3 is 0 Å². The molecule has 0 saturated heterocycles. The summed E-state index contributed by atoms with van der Waals surface area (Å²) in [4.78, 5) is 17.7. The van der Waals surface area contributed by atoms with E-state index in [0.29, 0.717) is 11.6 Å². The van der Waals surface area contributed by atoms with Crippen LogP contribution in [-0.2, 0) is 4.79 Å². The first-order valence-electron chi connectivity index (χ1n) is 8.63. The smallest absolute Gasteiger partial charge is 0.234 e. The summed E-state index contributed by atoms with van der Waals surface area (Å²) in [5, 5.41) is 2.91. The van der Waals surface area contributed by atoms with Crippen molar-refractivity contribution in [3.8, 4) is 11.5 Å². The van der Waals surface area contributed by atoms with Crippen molar-refractivity contribution in [2.24, 2.45) is 0 Å². The first-order chi connectivity index (χ1) is 13.2. The van der Waals surface area contributed by atoms with Gasteiger partial charge in [-0.1, -0.05) is 24.3 Å². The number of nitrogens with one attached hydrogen (secondary N) is 1. The maximum absolute atomic E-state index is 12.1. The number of hydrogen-bond acceptors (Lipinski definition) is 4. The molecule has 3 aromatic carbocycles. The normalized spacial score (nSPS) is 10.9. The molecular formula is C22H18N2O2S. The Bertz CT molecular complexity index is 1070. The van der Waals surface area contributed by atoms with Crippen LogP contribution in [0.3, 0.4) is 0 Å². The quantitative estimate of drug-likeness (QED) is 0.466. The molecule has 0 bridgehead atoms. The topological polar surface area (TPSA) is 55.1 Å². The molecule has 4 aromatic rings. The van der Waals surface area contributed by atoms with Crippen LogP contribution in [0.1, 0.15) is 5.56 Å². The number of aryl methyl sites for hydroxylation is 1. The number of fused-ring (bicyclic) bond motifs is 1. The summed E-state index contributed by atoms with van der Waals surface area (Å²) >= 11 is 1.51. The highest BCUT2D eigenvalue weighted by atomic mass is 32.2. The Labute approximate surface area is 161 Å². The Kier molecular flexibility index (Phi) is 4.94. The van der Waals surface area contributed by atoms with Crippen molar-refractivity contribution in [2.45, 2.75) is 11.8 Å². The van der Waals surface area contributed by atoms with E-state index in [9.17, 15) is 4.79 Å². The summed E-state index contributed by atoms with van der Waals surface area (Å²) in [6, 6.07) is 23.4. The van der Waals surface area contributed by atoms with E-state index in [1.54, 1.807) is 0 Å². The molecule has 0 spiro atoms. The van der Waals surface area contributed by atoms with Gasteiger partial charge in [0.2, 0.25) is 11.8 Å². The van der Waals surface area contributed by atoms with Crippen molar-refractivity contribution in [2.75, 3.05) is 11.1 Å². The second-order valence-corrected chi connectivity index (χ2v) is 7.27. The minimum absolute atomic E-state index is 0.0334. The number of amides is 1. The van der Waals surface area contributed by atoms with Gasteiger partial charge in [-0.15, -0.1) is 11.8 Å². The van der Waals surface area contributed by atoms with E-state index >= 15 is 0 Å². The number of carbonyl (C=O) groups excluding carboxylic acids is 1. The third-order valence-electron chi connectivity index (χ3n) is 4.07. The van der Waals surface area contributed by atoms with Crippen LogP contribution in [0.15, 0.2) is 82.1 Å². The number of aromatic nitrogens is 1. The molecular weight excluding hydrogens is 356 g/mol. The molecule has 1 amide bonds. The number of hydrogen-bond donors (Lipinski definition) is 1. The molecule has 1 heterocycles. The monoisotopic (exact) mass is 374 g/mol. The molecule has 134 valence electrons. The summed E-state index contributed by atoms with van der Waals surface area (Å²) in [5.41, 5.74) is 4.38. The maximum Gasteiger partial charge on any atom is 0.234 e. The van der Waals surface area contributed by atoms with E-state index in [2.05, 4.69) is 10.3 Å². The predicted octanol–water partition coefficient (Wildman–Crippen LogP) is 5.53. The molecule has 27 heavy (non-hydrogen) atoms. The zero-order chi connectivity index (χ0) is 18.6. The molecule has 0 fully saturated rings. The molecule has 0 aliphatic carbocycles. The van der Waals surface area contributed by atoms with E-state index in [4.69, 9.17) is 4.42 Å². The van der Waals surface area contributed by atoms with Crippen LogP contribution in [0, 0.1) is 6.92 Å². The second-order valence-electron chi connectivity index (χ2n) is 6.22. The molecule has 1 aromatic heterocycles. The minimum atomic E-state index is -0.0334. The summed E-state index contributed by atoms with van der Waals surface area (Å²) in [6.45, 7) is 2.02. The fraction of sp³-hybridized carbons (Fsp3) is 0.0909. The van der Waals surface area contributed by atoms with Crippen LogP contribution in [-0.4, -0.2) is 16.6 Å². The van der Waals surface area contributed by atoms with Crippen molar-refractivity contribution in [3.05, 3.63) is 78.4 Å². The van der Waals surface area contributed by atoms with Gasteiger partial charge in [0.25, 0.3) is 0 Å². The molecule has 4 rings (SSSR count). The first kappa shape index (κ1) is 17.4. The average Bonchev–Trinajstić information content (AvgIpc) is 3.11. The standard InChI is InChI=1S/C22H18N2O2S/c1-15-7-12-19-20(13-15)26-22(24-19)16-8-10-17(11-9-16)23-21(25)14-27-18-5-3-2-4-6-18/h2-13H,14H2,1H3,(H,23,25). The number of anilines is 1. The number of nitrogens with zero attached hydrogens (tertiary/aromatic N) is 1. The van der Waals surface area contributed by atoms with Crippen LogP contribution in [0.5, 0.6) is 0 Å². The van der Waals surface area contributed by atoms with Crippen LogP contribution < -0.4 is 5.32 Å². The highest BCUT2D eigenvalue weighted by Gasteiger charge is 2.09. The van der Waals surface area contributed by atoms with Crippen molar-refractivity contribution < 1.29 is 9.21 Å². The van der Waals surface area contributed by atoms with Gasteiger partial charge in [0.15, 0.2) is 5.58 Å². The average molecular weight is 374 g/mol. The van der Waals surface area contributed by atoms with Gasteiger partial charge in [0.05, 0.1) is 5.75 Å². The van der Waals surface area contributed by atoms with Gasteiger partial charge in [0.1, 0.15) is 5.52 Å². The van der Waals surface area contributed by atoms with Crippen molar-refractivity contribution in [3.63, 3.8) is 0 Å². The number of oxazole rings is 1. The largest absolute Gasteiger partial charge is 0.436 e. The van der Waals surface area contributed by atoms with Crippen LogP contribution >= 0.6 is 11.8 Å². The number of rotatable bonds is 5. The molecule has 4 nitrogen and oxygen atoms in total. The van der Waals surface area contributed by atoms with E-state index in [1.165, 1.54) is 11.8 Å². The molecule has 0 radical (unpaired) electrons. The third kappa shape index (κ3) is 4.20. The van der Waals surface area contributed by atoms with Crippen LogP contribution in [0.25, 0.3) is 22.6 Å². The van der Waals surface area contributed by atoms with E-state index in [0.717, 1.165) is 32.8 Å².